The van der Waals surface area contributed by atoms with Crippen molar-refractivity contribution in [2.24, 2.45) is 0 Å². The Hall–Kier alpha value is -4.19. The zero-order chi connectivity index (χ0) is 29.0. The highest BCUT2D eigenvalue weighted by atomic mass is 32.1. The molecule has 7 rings (SSSR count). The molecule has 2 fully saturated rings. The van der Waals surface area contributed by atoms with Crippen LogP contribution in [0.4, 0.5) is 0 Å². The second kappa shape index (κ2) is 12.6. The summed E-state index contributed by atoms with van der Waals surface area (Å²) >= 11 is 1.68. The van der Waals surface area contributed by atoms with Crippen molar-refractivity contribution in [3.05, 3.63) is 83.6 Å². The number of fused-ring (bicyclic) bond motifs is 1. The Morgan fingerprint density at radius 2 is 1.88 bits per heavy atom. The van der Waals surface area contributed by atoms with Gasteiger partial charge < -0.3 is 18.8 Å². The van der Waals surface area contributed by atoms with E-state index in [1.165, 1.54) is 6.33 Å². The molecule has 0 N–H and O–H groups in total. The summed E-state index contributed by atoms with van der Waals surface area (Å²) in [5.41, 5.74) is 3.96. The van der Waals surface area contributed by atoms with Crippen molar-refractivity contribution >= 4 is 28.8 Å². The number of nitrogens with zero attached hydrogens (tertiary/aromatic N) is 6. The summed E-state index contributed by atoms with van der Waals surface area (Å²) in [7, 11) is 0. The van der Waals surface area contributed by atoms with Crippen molar-refractivity contribution in [1.82, 2.24) is 29.4 Å². The Bertz CT molecular complexity index is 1690. The summed E-state index contributed by atoms with van der Waals surface area (Å²) in [4.78, 5) is 33.7. The minimum absolute atomic E-state index is 0.193. The third-order valence-corrected chi connectivity index (χ3v) is 9.26. The summed E-state index contributed by atoms with van der Waals surface area (Å²) in [5.74, 6) is 2.57. The summed E-state index contributed by atoms with van der Waals surface area (Å²) in [5, 5.41) is 0. The molecule has 1 atom stereocenters. The predicted octanol–water partition coefficient (Wildman–Crippen LogP) is 5.23. The largest absolute Gasteiger partial charge is 0.472 e. The van der Waals surface area contributed by atoms with E-state index in [4.69, 9.17) is 24.2 Å². The van der Waals surface area contributed by atoms with E-state index < -0.39 is 0 Å². The maximum absolute atomic E-state index is 10.9. The molecule has 43 heavy (non-hydrogen) atoms. The number of piperidine rings is 1. The van der Waals surface area contributed by atoms with Crippen LogP contribution in [0.3, 0.4) is 0 Å². The molecule has 2 saturated heterocycles. The lowest BCUT2D eigenvalue weighted by Gasteiger charge is -2.32. The van der Waals surface area contributed by atoms with Crippen LogP contribution in [0, 0.1) is 0 Å². The fraction of sp³-hybridized carbons (Fsp3) is 0.344. The molecule has 11 heteroatoms. The first-order chi connectivity index (χ1) is 21.2. The highest BCUT2D eigenvalue weighted by Crippen LogP contribution is 2.31. The molecule has 220 valence electrons. The lowest BCUT2D eigenvalue weighted by molar-refractivity contribution is -0.120. The quantitative estimate of drug-likeness (QED) is 0.190. The van der Waals surface area contributed by atoms with E-state index in [-0.39, 0.29) is 6.10 Å². The molecule has 10 nitrogen and oxygen atoms in total. The van der Waals surface area contributed by atoms with Gasteiger partial charge in [-0.3, -0.25) is 9.69 Å². The number of thiophene rings is 1. The van der Waals surface area contributed by atoms with E-state index in [1.807, 2.05) is 36.7 Å². The number of hydrogen-bond acceptors (Lipinski definition) is 10. The number of aromatic nitrogens is 5. The molecule has 4 aromatic heterocycles. The Morgan fingerprint density at radius 1 is 1.02 bits per heavy atom. The van der Waals surface area contributed by atoms with Gasteiger partial charge >= 0.3 is 0 Å². The molecule has 0 saturated carbocycles. The lowest BCUT2D eigenvalue weighted by atomic mass is 9.93. The van der Waals surface area contributed by atoms with Crippen molar-refractivity contribution in [3.63, 3.8) is 0 Å². The van der Waals surface area contributed by atoms with Gasteiger partial charge in [-0.05, 0) is 62.7 Å². The monoisotopic (exact) mass is 596 g/mol. The van der Waals surface area contributed by atoms with Crippen LogP contribution in [0.15, 0.2) is 67.3 Å². The number of likely N-dealkylation sites (tertiary alicyclic amines) is 1. The average molecular weight is 597 g/mol. The fourth-order valence-electron chi connectivity index (χ4n) is 5.75. The Morgan fingerprint density at radius 3 is 2.67 bits per heavy atom. The third kappa shape index (κ3) is 6.29. The number of rotatable bonds is 11. The van der Waals surface area contributed by atoms with Crippen molar-refractivity contribution in [2.45, 2.75) is 51.0 Å². The van der Waals surface area contributed by atoms with E-state index in [0.717, 1.165) is 89.9 Å². The first-order valence-electron chi connectivity index (χ1n) is 14.6. The highest BCUT2D eigenvalue weighted by Gasteiger charge is 2.26. The van der Waals surface area contributed by atoms with Crippen LogP contribution in [-0.2, 0) is 29.2 Å². The molecular formula is C32H32N6O4S. The molecule has 0 aliphatic carbocycles. The Kier molecular flexibility index (Phi) is 8.09. The van der Waals surface area contributed by atoms with Gasteiger partial charge in [-0.15, -0.1) is 11.3 Å². The van der Waals surface area contributed by atoms with Gasteiger partial charge in [0, 0.05) is 58.1 Å². The number of carbonyl (C=O) groups is 1. The number of carbonyl (C=O) groups excluding carboxylic acids is 1. The molecule has 1 aromatic carbocycles. The van der Waals surface area contributed by atoms with Crippen LogP contribution < -0.4 is 9.47 Å². The zero-order valence-electron chi connectivity index (χ0n) is 23.7. The Balaban J connectivity index is 0.977. The average Bonchev–Trinajstić information content (AvgIpc) is 3.63. The number of pyridine rings is 1. The number of benzene rings is 1. The lowest BCUT2D eigenvalue weighted by Crippen LogP contribution is -2.35. The van der Waals surface area contributed by atoms with Crippen molar-refractivity contribution in [2.75, 3.05) is 19.7 Å². The summed E-state index contributed by atoms with van der Waals surface area (Å²) in [6.45, 7) is 5.16. The maximum Gasteiger partial charge on any atom is 0.298 e. The van der Waals surface area contributed by atoms with Gasteiger partial charge in [0.25, 0.3) is 6.47 Å². The van der Waals surface area contributed by atoms with Crippen LogP contribution in [0.25, 0.3) is 21.5 Å². The first-order valence-corrected chi connectivity index (χ1v) is 15.4. The molecule has 0 radical (unpaired) electrons. The summed E-state index contributed by atoms with van der Waals surface area (Å²) < 4.78 is 19.2. The molecule has 0 bridgehead atoms. The van der Waals surface area contributed by atoms with Crippen LogP contribution in [0.5, 0.6) is 11.6 Å². The van der Waals surface area contributed by atoms with E-state index in [1.54, 1.807) is 17.4 Å². The smallest absolute Gasteiger partial charge is 0.298 e. The zero-order valence-corrected chi connectivity index (χ0v) is 24.5. The molecular weight excluding hydrogens is 564 g/mol. The standard InChI is InChI=1S/C32H32N6O4S/c39-21-42-24-4-6-28-29(14-24)38(17-25-10-13-40-25)31(35-28)18-37-11-8-22(9-12-37)27-2-1-3-32(36-27)41-19-26-5-7-30(43-26)23-15-33-20-34-16-23/h1-7,14-16,20-22,25H,8-13,17-19H2/t25-/m0/s1. The van der Waals surface area contributed by atoms with Gasteiger partial charge in [0.05, 0.1) is 30.2 Å². The van der Waals surface area contributed by atoms with Gasteiger partial charge in [0.15, 0.2) is 0 Å². The molecule has 0 amide bonds. The molecule has 2 aliphatic heterocycles. The minimum Gasteiger partial charge on any atom is -0.472 e. The molecule has 6 heterocycles. The second-order valence-corrected chi connectivity index (χ2v) is 12.1. The topological polar surface area (TPSA) is 104 Å². The normalized spacial score (nSPS) is 17.5. The van der Waals surface area contributed by atoms with Crippen molar-refractivity contribution in [3.8, 4) is 22.1 Å². The van der Waals surface area contributed by atoms with E-state index in [2.05, 4.69) is 37.6 Å². The second-order valence-electron chi connectivity index (χ2n) is 10.9. The number of imidazole rings is 1. The van der Waals surface area contributed by atoms with Crippen LogP contribution >= 0.6 is 11.3 Å². The first kappa shape index (κ1) is 27.6. The van der Waals surface area contributed by atoms with Gasteiger partial charge in [-0.2, -0.15) is 0 Å². The van der Waals surface area contributed by atoms with Crippen molar-refractivity contribution < 1.29 is 19.0 Å². The van der Waals surface area contributed by atoms with Crippen LogP contribution in [-0.4, -0.2) is 61.7 Å². The maximum atomic E-state index is 10.9. The van der Waals surface area contributed by atoms with Gasteiger partial charge in [0.2, 0.25) is 5.88 Å². The van der Waals surface area contributed by atoms with Crippen LogP contribution in [0.1, 0.15) is 41.6 Å². The molecule has 2 aliphatic rings. The van der Waals surface area contributed by atoms with Crippen LogP contribution in [0.2, 0.25) is 0 Å². The molecule has 0 unspecified atom stereocenters. The Labute approximate surface area is 253 Å². The van der Waals surface area contributed by atoms with E-state index in [9.17, 15) is 4.79 Å². The van der Waals surface area contributed by atoms with Gasteiger partial charge in [0.1, 0.15) is 24.5 Å². The minimum atomic E-state index is 0.193. The third-order valence-electron chi connectivity index (χ3n) is 8.15. The fourth-order valence-corrected chi connectivity index (χ4v) is 6.64. The number of ether oxygens (including phenoxy) is 3. The molecule has 5 aromatic rings. The summed E-state index contributed by atoms with van der Waals surface area (Å²) in [6, 6.07) is 15.8. The summed E-state index contributed by atoms with van der Waals surface area (Å²) in [6.07, 6.45) is 8.46. The SMILES string of the molecule is O=COc1ccc2nc(CN3CCC(c4cccc(OCc5ccc(-c6cncnc6)s5)n4)CC3)n(C[C@@H]3CCO3)c2c1. The van der Waals surface area contributed by atoms with E-state index >= 15 is 0 Å². The van der Waals surface area contributed by atoms with Crippen molar-refractivity contribution in [1.29, 1.82) is 0 Å². The predicted molar refractivity (Wildman–Crippen MR) is 162 cm³/mol. The molecule has 0 spiro atoms. The van der Waals surface area contributed by atoms with E-state index in [0.29, 0.717) is 30.6 Å². The van der Waals surface area contributed by atoms with Gasteiger partial charge in [-0.25, -0.2) is 19.9 Å². The highest BCUT2D eigenvalue weighted by molar-refractivity contribution is 7.15. The van der Waals surface area contributed by atoms with Gasteiger partial charge in [-0.1, -0.05) is 6.07 Å². The number of hydrogen-bond donors (Lipinski definition) is 0.